The lowest BCUT2D eigenvalue weighted by atomic mass is 9.92. The van der Waals surface area contributed by atoms with Gasteiger partial charge in [-0.15, -0.1) is 12.4 Å². The van der Waals surface area contributed by atoms with Crippen molar-refractivity contribution in [3.63, 3.8) is 0 Å². The van der Waals surface area contributed by atoms with Crippen LogP contribution < -0.4 is 5.73 Å². The van der Waals surface area contributed by atoms with Crippen LogP contribution in [0.1, 0.15) is 51.5 Å². The molecule has 1 rings (SSSR count). The van der Waals surface area contributed by atoms with Crippen LogP contribution in [0.15, 0.2) is 30.3 Å². The first-order valence-electron chi connectivity index (χ1n) is 8.00. The van der Waals surface area contributed by atoms with Crippen LogP contribution in [0.2, 0.25) is 0 Å². The highest BCUT2D eigenvalue weighted by Gasteiger charge is 2.18. The van der Waals surface area contributed by atoms with Crippen LogP contribution >= 0.6 is 12.4 Å². The predicted octanol–water partition coefficient (Wildman–Crippen LogP) is 3.82. The molecule has 22 heavy (non-hydrogen) atoms. The van der Waals surface area contributed by atoms with Crippen molar-refractivity contribution in [3.8, 4) is 0 Å². The van der Waals surface area contributed by atoms with Crippen LogP contribution in [-0.2, 0) is 4.79 Å². The molecular formula is C18H31ClN2O. The zero-order chi connectivity index (χ0) is 15.8. The summed E-state index contributed by atoms with van der Waals surface area (Å²) in [7, 11) is 1.88. The maximum Gasteiger partial charge on any atom is 0.222 e. The first-order valence-corrected chi connectivity index (χ1v) is 8.00. The van der Waals surface area contributed by atoms with Crippen molar-refractivity contribution in [2.75, 3.05) is 13.6 Å². The normalized spacial score (nSPS) is 13.4. The average Bonchev–Trinajstić information content (AvgIpc) is 2.50. The van der Waals surface area contributed by atoms with Gasteiger partial charge in [-0.2, -0.15) is 0 Å². The lowest BCUT2D eigenvalue weighted by molar-refractivity contribution is -0.130. The van der Waals surface area contributed by atoms with E-state index in [1.807, 2.05) is 30.1 Å². The van der Waals surface area contributed by atoms with Crippen molar-refractivity contribution >= 4 is 18.3 Å². The quantitative estimate of drug-likeness (QED) is 0.789. The molecule has 2 unspecified atom stereocenters. The summed E-state index contributed by atoms with van der Waals surface area (Å²) < 4.78 is 0. The second-order valence-electron chi connectivity index (χ2n) is 6.23. The topological polar surface area (TPSA) is 46.3 Å². The Kier molecular flexibility index (Phi) is 10.1. The highest BCUT2D eigenvalue weighted by molar-refractivity contribution is 5.85. The lowest BCUT2D eigenvalue weighted by Gasteiger charge is -2.23. The Morgan fingerprint density at radius 3 is 2.32 bits per heavy atom. The third-order valence-corrected chi connectivity index (χ3v) is 4.26. The Labute approximate surface area is 141 Å². The van der Waals surface area contributed by atoms with Gasteiger partial charge in [0.05, 0.1) is 0 Å². The Bertz CT molecular complexity index is 422. The highest BCUT2D eigenvalue weighted by Crippen LogP contribution is 2.23. The number of hydrogen-bond donors (Lipinski definition) is 1. The summed E-state index contributed by atoms with van der Waals surface area (Å²) in [5.41, 5.74) is 7.30. The van der Waals surface area contributed by atoms with Gasteiger partial charge in [-0.1, -0.05) is 51.1 Å². The fourth-order valence-electron chi connectivity index (χ4n) is 2.39. The smallest absolute Gasteiger partial charge is 0.222 e. The Hall–Kier alpha value is -1.06. The van der Waals surface area contributed by atoms with Gasteiger partial charge < -0.3 is 10.6 Å². The highest BCUT2D eigenvalue weighted by atomic mass is 35.5. The van der Waals surface area contributed by atoms with E-state index in [9.17, 15) is 4.79 Å². The molecule has 0 fully saturated rings. The van der Waals surface area contributed by atoms with Crippen molar-refractivity contribution < 1.29 is 4.79 Å². The van der Waals surface area contributed by atoms with Crippen molar-refractivity contribution in [1.29, 1.82) is 0 Å². The van der Waals surface area contributed by atoms with E-state index >= 15 is 0 Å². The molecule has 3 nitrogen and oxygen atoms in total. The van der Waals surface area contributed by atoms with Crippen LogP contribution in [0, 0.1) is 5.92 Å². The molecule has 4 heteroatoms. The molecule has 0 saturated heterocycles. The van der Waals surface area contributed by atoms with Crippen LogP contribution in [0.4, 0.5) is 0 Å². The van der Waals surface area contributed by atoms with Gasteiger partial charge in [0.1, 0.15) is 0 Å². The molecule has 1 aromatic rings. The minimum absolute atomic E-state index is 0. The summed E-state index contributed by atoms with van der Waals surface area (Å²) in [6, 6.07) is 10.5. The summed E-state index contributed by atoms with van der Waals surface area (Å²) >= 11 is 0. The molecule has 0 aliphatic heterocycles. The summed E-state index contributed by atoms with van der Waals surface area (Å²) in [5.74, 6) is 0.975. The second kappa shape index (κ2) is 10.6. The van der Waals surface area contributed by atoms with E-state index in [0.29, 0.717) is 18.3 Å². The molecule has 0 radical (unpaired) electrons. The van der Waals surface area contributed by atoms with E-state index < -0.39 is 0 Å². The zero-order valence-electron chi connectivity index (χ0n) is 14.3. The maximum atomic E-state index is 12.4. The van der Waals surface area contributed by atoms with E-state index in [0.717, 1.165) is 19.4 Å². The fraction of sp³-hybridized carbons (Fsp3) is 0.611. The number of hydrogen-bond acceptors (Lipinski definition) is 2. The van der Waals surface area contributed by atoms with Crippen LogP contribution in [0.3, 0.4) is 0 Å². The van der Waals surface area contributed by atoms with Gasteiger partial charge in [0.15, 0.2) is 0 Å². The Balaban J connectivity index is 0.00000441. The Morgan fingerprint density at radius 2 is 1.82 bits per heavy atom. The van der Waals surface area contributed by atoms with Gasteiger partial charge in [-0.25, -0.2) is 0 Å². The fourth-order valence-corrected chi connectivity index (χ4v) is 2.39. The standard InChI is InChI=1S/C18H30N2O.ClH/c1-5-15(16-9-7-6-8-10-16)13-18(21)20(4)12-11-17(19)14(2)3;/h6-10,14-15,17H,5,11-13,19H2,1-4H3;1H. The summed E-state index contributed by atoms with van der Waals surface area (Å²) in [4.78, 5) is 14.2. The molecule has 1 amide bonds. The number of nitrogens with zero attached hydrogens (tertiary/aromatic N) is 1. The number of nitrogens with two attached hydrogens (primary N) is 1. The minimum Gasteiger partial charge on any atom is -0.346 e. The van der Waals surface area contributed by atoms with Crippen LogP contribution in [0.25, 0.3) is 0 Å². The van der Waals surface area contributed by atoms with E-state index in [1.165, 1.54) is 5.56 Å². The minimum atomic E-state index is 0. The molecule has 1 aromatic carbocycles. The van der Waals surface area contributed by atoms with Crippen molar-refractivity contribution in [2.24, 2.45) is 11.7 Å². The first kappa shape index (κ1) is 20.9. The predicted molar refractivity (Wildman–Crippen MR) is 96.4 cm³/mol. The van der Waals surface area contributed by atoms with Gasteiger partial charge in [-0.3, -0.25) is 4.79 Å². The SMILES string of the molecule is CCC(CC(=O)N(C)CCC(N)C(C)C)c1ccccc1.Cl. The number of amides is 1. The van der Waals surface area contributed by atoms with E-state index in [-0.39, 0.29) is 24.4 Å². The molecule has 0 aliphatic rings. The second-order valence-corrected chi connectivity index (χ2v) is 6.23. The molecule has 0 bridgehead atoms. The molecule has 0 saturated carbocycles. The monoisotopic (exact) mass is 326 g/mol. The molecule has 2 atom stereocenters. The van der Waals surface area contributed by atoms with Crippen LogP contribution in [0.5, 0.6) is 0 Å². The van der Waals surface area contributed by atoms with E-state index in [2.05, 4.69) is 32.9 Å². The maximum absolute atomic E-state index is 12.4. The molecule has 2 N–H and O–H groups in total. The molecule has 0 spiro atoms. The zero-order valence-corrected chi connectivity index (χ0v) is 15.1. The number of rotatable bonds is 8. The van der Waals surface area contributed by atoms with Crippen molar-refractivity contribution in [3.05, 3.63) is 35.9 Å². The van der Waals surface area contributed by atoms with E-state index in [1.54, 1.807) is 0 Å². The van der Waals surface area contributed by atoms with Crippen molar-refractivity contribution in [1.82, 2.24) is 4.90 Å². The van der Waals surface area contributed by atoms with Gasteiger partial charge in [0.25, 0.3) is 0 Å². The molecule has 0 aromatic heterocycles. The third kappa shape index (κ3) is 6.80. The van der Waals surface area contributed by atoms with Gasteiger partial charge in [-0.05, 0) is 30.2 Å². The molecule has 0 heterocycles. The first-order chi connectivity index (χ1) is 9.95. The number of halogens is 1. The largest absolute Gasteiger partial charge is 0.346 e. The van der Waals surface area contributed by atoms with Gasteiger partial charge in [0.2, 0.25) is 5.91 Å². The van der Waals surface area contributed by atoms with Gasteiger partial charge >= 0.3 is 0 Å². The lowest BCUT2D eigenvalue weighted by Crippen LogP contribution is -2.35. The molecular weight excluding hydrogens is 296 g/mol. The van der Waals surface area contributed by atoms with Crippen molar-refractivity contribution in [2.45, 2.75) is 52.0 Å². The average molecular weight is 327 g/mol. The van der Waals surface area contributed by atoms with E-state index in [4.69, 9.17) is 5.73 Å². The number of benzene rings is 1. The van der Waals surface area contributed by atoms with Gasteiger partial charge in [0, 0.05) is 26.1 Å². The third-order valence-electron chi connectivity index (χ3n) is 4.26. The summed E-state index contributed by atoms with van der Waals surface area (Å²) in [6.07, 6.45) is 2.42. The van der Waals surface area contributed by atoms with Crippen LogP contribution in [-0.4, -0.2) is 30.4 Å². The molecule has 0 aliphatic carbocycles. The molecule has 126 valence electrons. The summed E-state index contributed by atoms with van der Waals surface area (Å²) in [5, 5.41) is 0. The Morgan fingerprint density at radius 1 is 1.23 bits per heavy atom. The number of carbonyl (C=O) groups is 1. The summed E-state index contributed by atoms with van der Waals surface area (Å²) in [6.45, 7) is 7.12. The number of carbonyl (C=O) groups excluding carboxylic acids is 1.